The first-order valence-corrected chi connectivity index (χ1v) is 6.76. The highest BCUT2D eigenvalue weighted by molar-refractivity contribution is 5.92. The molecule has 0 aliphatic rings. The number of aryl methyl sites for hydroxylation is 2. The molecule has 21 heavy (non-hydrogen) atoms. The summed E-state index contributed by atoms with van der Waals surface area (Å²) in [5, 5.41) is 14.6. The number of carbonyl (C=O) groups is 1. The van der Waals surface area contributed by atoms with Crippen molar-refractivity contribution in [2.45, 2.75) is 32.9 Å². The lowest BCUT2D eigenvalue weighted by Crippen LogP contribution is -2.31. The Bertz CT molecular complexity index is 690. The maximum Gasteiger partial charge on any atom is 0.272 e. The zero-order valence-electron chi connectivity index (χ0n) is 12.3. The minimum atomic E-state index is -0.357. The molecule has 2 rings (SSSR count). The van der Waals surface area contributed by atoms with Crippen LogP contribution in [-0.4, -0.2) is 30.5 Å². The van der Waals surface area contributed by atoms with Gasteiger partial charge in [-0.1, -0.05) is 6.92 Å². The second-order valence-electron chi connectivity index (χ2n) is 4.76. The summed E-state index contributed by atoms with van der Waals surface area (Å²) in [5.41, 5.74) is -0.0761. The van der Waals surface area contributed by atoms with Crippen LogP contribution in [0.15, 0.2) is 23.3 Å². The minimum absolute atomic E-state index is 0.186. The number of rotatable bonds is 5. The van der Waals surface area contributed by atoms with E-state index < -0.39 is 0 Å². The number of amides is 1. The van der Waals surface area contributed by atoms with Gasteiger partial charge in [-0.2, -0.15) is 5.10 Å². The molecule has 1 unspecified atom stereocenters. The molecule has 1 N–H and O–H groups in total. The van der Waals surface area contributed by atoms with Crippen LogP contribution in [0.3, 0.4) is 0 Å². The van der Waals surface area contributed by atoms with Crippen molar-refractivity contribution in [2.24, 2.45) is 7.05 Å². The van der Waals surface area contributed by atoms with E-state index >= 15 is 0 Å². The van der Waals surface area contributed by atoms with Gasteiger partial charge in [0.1, 0.15) is 12.0 Å². The SMILES string of the molecule is CCCn1cnnc1C(C)NC(=O)c1ccc(=O)n(C)n1. The fraction of sp³-hybridized carbons (Fsp3) is 0.462. The van der Waals surface area contributed by atoms with Crippen molar-refractivity contribution in [3.63, 3.8) is 0 Å². The van der Waals surface area contributed by atoms with Crippen LogP contribution in [0, 0.1) is 0 Å². The van der Waals surface area contributed by atoms with E-state index in [-0.39, 0.29) is 23.2 Å². The molecule has 8 nitrogen and oxygen atoms in total. The molecule has 0 aromatic carbocycles. The van der Waals surface area contributed by atoms with Crippen LogP contribution in [0.5, 0.6) is 0 Å². The lowest BCUT2D eigenvalue weighted by Gasteiger charge is -2.14. The van der Waals surface area contributed by atoms with Crippen LogP contribution < -0.4 is 10.9 Å². The Labute approximate surface area is 121 Å². The first-order chi connectivity index (χ1) is 10.0. The molecule has 112 valence electrons. The predicted molar refractivity (Wildman–Crippen MR) is 75.7 cm³/mol. The third-order valence-electron chi connectivity index (χ3n) is 3.04. The van der Waals surface area contributed by atoms with Crippen molar-refractivity contribution in [2.75, 3.05) is 0 Å². The molecule has 1 amide bonds. The third-order valence-corrected chi connectivity index (χ3v) is 3.04. The molecule has 0 aliphatic heterocycles. The Morgan fingerprint density at radius 1 is 1.43 bits per heavy atom. The van der Waals surface area contributed by atoms with Crippen molar-refractivity contribution >= 4 is 5.91 Å². The molecule has 2 aromatic heterocycles. The van der Waals surface area contributed by atoms with Gasteiger partial charge in [-0.3, -0.25) is 9.59 Å². The molecular formula is C13H18N6O2. The standard InChI is InChI=1S/C13H18N6O2/c1-4-7-19-8-14-16-12(19)9(2)15-13(21)10-5-6-11(20)18(3)17-10/h5-6,8-9H,4,7H2,1-3H3,(H,15,21). The molecule has 0 fully saturated rings. The summed E-state index contributed by atoms with van der Waals surface area (Å²) in [6, 6.07) is 2.42. The highest BCUT2D eigenvalue weighted by atomic mass is 16.2. The number of nitrogens with one attached hydrogen (secondary N) is 1. The quantitative estimate of drug-likeness (QED) is 0.853. The van der Waals surface area contributed by atoms with Crippen molar-refractivity contribution in [3.8, 4) is 0 Å². The van der Waals surface area contributed by atoms with Gasteiger partial charge in [0, 0.05) is 19.7 Å². The van der Waals surface area contributed by atoms with Crippen LogP contribution in [0.1, 0.15) is 42.6 Å². The highest BCUT2D eigenvalue weighted by Crippen LogP contribution is 2.10. The Morgan fingerprint density at radius 2 is 2.19 bits per heavy atom. The summed E-state index contributed by atoms with van der Waals surface area (Å²) >= 11 is 0. The fourth-order valence-electron chi connectivity index (χ4n) is 1.97. The van der Waals surface area contributed by atoms with Crippen LogP contribution in [0.2, 0.25) is 0 Å². The molecule has 0 spiro atoms. The summed E-state index contributed by atoms with van der Waals surface area (Å²) in [4.78, 5) is 23.4. The summed E-state index contributed by atoms with van der Waals surface area (Å²) in [6.45, 7) is 4.68. The van der Waals surface area contributed by atoms with E-state index in [1.54, 1.807) is 6.33 Å². The van der Waals surface area contributed by atoms with E-state index in [9.17, 15) is 9.59 Å². The maximum atomic E-state index is 12.1. The number of aromatic nitrogens is 5. The molecule has 1 atom stereocenters. The monoisotopic (exact) mass is 290 g/mol. The average molecular weight is 290 g/mol. The number of hydrogen-bond acceptors (Lipinski definition) is 5. The smallest absolute Gasteiger partial charge is 0.272 e. The van der Waals surface area contributed by atoms with Gasteiger partial charge in [-0.05, 0) is 19.4 Å². The highest BCUT2D eigenvalue weighted by Gasteiger charge is 2.17. The van der Waals surface area contributed by atoms with E-state index in [2.05, 4.69) is 27.5 Å². The summed E-state index contributed by atoms with van der Waals surface area (Å²) in [7, 11) is 1.50. The van der Waals surface area contributed by atoms with E-state index in [4.69, 9.17) is 0 Å². The third kappa shape index (κ3) is 3.33. The molecule has 0 aliphatic carbocycles. The minimum Gasteiger partial charge on any atom is -0.341 e. The van der Waals surface area contributed by atoms with Gasteiger partial charge in [-0.15, -0.1) is 10.2 Å². The van der Waals surface area contributed by atoms with Crippen LogP contribution >= 0.6 is 0 Å². The van der Waals surface area contributed by atoms with Crippen LogP contribution in [0.4, 0.5) is 0 Å². The second-order valence-corrected chi connectivity index (χ2v) is 4.76. The van der Waals surface area contributed by atoms with Gasteiger partial charge in [0.05, 0.1) is 6.04 Å². The van der Waals surface area contributed by atoms with Gasteiger partial charge < -0.3 is 9.88 Å². The normalized spacial score (nSPS) is 12.1. The Balaban J connectivity index is 2.13. The van der Waals surface area contributed by atoms with E-state index in [0.29, 0.717) is 5.82 Å². The van der Waals surface area contributed by atoms with Gasteiger partial charge in [0.2, 0.25) is 0 Å². The summed E-state index contributed by atoms with van der Waals surface area (Å²) in [6.07, 6.45) is 2.60. The Kier molecular flexibility index (Phi) is 4.46. The van der Waals surface area contributed by atoms with Crippen LogP contribution in [-0.2, 0) is 13.6 Å². The Morgan fingerprint density at radius 3 is 2.86 bits per heavy atom. The molecule has 0 saturated heterocycles. The van der Waals surface area contributed by atoms with Crippen molar-refractivity contribution in [1.82, 2.24) is 29.9 Å². The molecule has 8 heteroatoms. The Hall–Kier alpha value is -2.51. The largest absolute Gasteiger partial charge is 0.341 e. The number of nitrogens with zero attached hydrogens (tertiary/aromatic N) is 5. The zero-order chi connectivity index (χ0) is 15.4. The topological polar surface area (TPSA) is 94.7 Å². The molecule has 0 radical (unpaired) electrons. The van der Waals surface area contributed by atoms with Gasteiger partial charge in [0.15, 0.2) is 5.82 Å². The first kappa shape index (κ1) is 14.9. The van der Waals surface area contributed by atoms with Crippen LogP contribution in [0.25, 0.3) is 0 Å². The summed E-state index contributed by atoms with van der Waals surface area (Å²) < 4.78 is 3.03. The van der Waals surface area contributed by atoms with Gasteiger partial charge >= 0.3 is 0 Å². The van der Waals surface area contributed by atoms with Gasteiger partial charge in [-0.25, -0.2) is 4.68 Å². The zero-order valence-corrected chi connectivity index (χ0v) is 12.3. The molecular weight excluding hydrogens is 272 g/mol. The van der Waals surface area contributed by atoms with Gasteiger partial charge in [0.25, 0.3) is 11.5 Å². The second kappa shape index (κ2) is 6.29. The average Bonchev–Trinajstić information content (AvgIpc) is 2.90. The van der Waals surface area contributed by atoms with E-state index in [0.717, 1.165) is 17.6 Å². The van der Waals surface area contributed by atoms with Crippen molar-refractivity contribution in [1.29, 1.82) is 0 Å². The van der Waals surface area contributed by atoms with E-state index in [1.165, 1.54) is 19.2 Å². The summed E-state index contributed by atoms with van der Waals surface area (Å²) in [5.74, 6) is 0.333. The van der Waals surface area contributed by atoms with Crippen molar-refractivity contribution in [3.05, 3.63) is 40.3 Å². The van der Waals surface area contributed by atoms with E-state index in [1.807, 2.05) is 11.5 Å². The fourth-order valence-corrected chi connectivity index (χ4v) is 1.97. The molecule has 2 aromatic rings. The lowest BCUT2D eigenvalue weighted by atomic mass is 10.2. The number of carbonyl (C=O) groups excluding carboxylic acids is 1. The molecule has 2 heterocycles. The molecule has 0 bridgehead atoms. The predicted octanol–water partition coefficient (Wildman–Crippen LogP) is 0.273. The maximum absolute atomic E-state index is 12.1. The first-order valence-electron chi connectivity index (χ1n) is 6.76. The van der Waals surface area contributed by atoms with Crippen molar-refractivity contribution < 1.29 is 4.79 Å². The lowest BCUT2D eigenvalue weighted by molar-refractivity contribution is 0.0930. The number of hydrogen-bond donors (Lipinski definition) is 1. The molecule has 0 saturated carbocycles.